The molecule has 1 heterocycles. The van der Waals surface area contributed by atoms with Gasteiger partial charge in [-0.15, -0.1) is 0 Å². The van der Waals surface area contributed by atoms with E-state index in [1.807, 2.05) is 30.3 Å². The summed E-state index contributed by atoms with van der Waals surface area (Å²) in [5.74, 6) is -0.0997. The molecule has 0 aliphatic heterocycles. The van der Waals surface area contributed by atoms with Gasteiger partial charge in [-0.1, -0.05) is 53.5 Å². The van der Waals surface area contributed by atoms with Crippen molar-refractivity contribution in [2.75, 3.05) is 0 Å². The smallest absolute Gasteiger partial charge is 0.266 e. The highest BCUT2D eigenvalue weighted by atomic mass is 35.5. The Morgan fingerprint density at radius 1 is 1.25 bits per heavy atom. The number of alkyl halides is 2. The number of hydrogen-bond acceptors (Lipinski definition) is 3. The van der Waals surface area contributed by atoms with Crippen LogP contribution in [0.15, 0.2) is 40.9 Å². The summed E-state index contributed by atoms with van der Waals surface area (Å²) in [6.07, 6.45) is 1.47. The van der Waals surface area contributed by atoms with E-state index in [1.54, 1.807) is 0 Å². The van der Waals surface area contributed by atoms with Crippen molar-refractivity contribution in [1.29, 1.82) is 0 Å². The number of aromatic nitrogens is 1. The minimum Gasteiger partial charge on any atom is -0.434 e. The van der Waals surface area contributed by atoms with Gasteiger partial charge >= 0.3 is 0 Å². The summed E-state index contributed by atoms with van der Waals surface area (Å²) < 4.78 is 5.26. The van der Waals surface area contributed by atoms with Crippen molar-refractivity contribution in [2.45, 2.75) is 4.84 Å². The van der Waals surface area contributed by atoms with Crippen molar-refractivity contribution < 1.29 is 9.21 Å². The van der Waals surface area contributed by atoms with Crippen molar-refractivity contribution in [3.63, 3.8) is 0 Å². The fourth-order valence-corrected chi connectivity index (χ4v) is 1.40. The van der Waals surface area contributed by atoms with Crippen LogP contribution in [0, 0.1) is 0 Å². The molecule has 0 saturated heterocycles. The molecule has 1 aromatic heterocycles. The number of ketones is 1. The van der Waals surface area contributed by atoms with E-state index in [1.165, 1.54) is 6.20 Å². The predicted octanol–water partition coefficient (Wildman–Crippen LogP) is 3.33. The molecule has 5 heteroatoms. The lowest BCUT2D eigenvalue weighted by Gasteiger charge is -1.95. The largest absolute Gasteiger partial charge is 0.434 e. The molecule has 3 nitrogen and oxygen atoms in total. The lowest BCUT2D eigenvalue weighted by molar-refractivity contribution is 0.0975. The fraction of sp³-hybridized carbons (Fsp3) is 0.0909. The number of rotatable bonds is 3. The summed E-state index contributed by atoms with van der Waals surface area (Å²) in [7, 11) is 0. The third-order valence-electron chi connectivity index (χ3n) is 1.97. The molecule has 0 unspecified atom stereocenters. The molecule has 0 fully saturated rings. The quantitative estimate of drug-likeness (QED) is 0.624. The molecule has 16 heavy (non-hydrogen) atoms. The predicted molar refractivity (Wildman–Crippen MR) is 61.8 cm³/mol. The van der Waals surface area contributed by atoms with Gasteiger partial charge < -0.3 is 4.42 Å². The van der Waals surface area contributed by atoms with Gasteiger partial charge in [0.25, 0.3) is 5.89 Å². The highest BCUT2D eigenvalue weighted by Gasteiger charge is 2.20. The Balaban J connectivity index is 2.30. The zero-order chi connectivity index (χ0) is 11.5. The molecule has 0 radical (unpaired) electrons. The van der Waals surface area contributed by atoms with E-state index in [2.05, 4.69) is 4.98 Å². The molecule has 0 atom stereocenters. The Bertz CT molecular complexity index is 494. The fourth-order valence-electron chi connectivity index (χ4n) is 1.22. The number of hydrogen-bond donors (Lipinski definition) is 0. The molecule has 0 spiro atoms. The summed E-state index contributed by atoms with van der Waals surface area (Å²) in [6.45, 7) is 0. The molecular weight excluding hydrogens is 249 g/mol. The number of oxazole rings is 1. The second kappa shape index (κ2) is 4.68. The zero-order valence-corrected chi connectivity index (χ0v) is 9.57. The summed E-state index contributed by atoms with van der Waals surface area (Å²) >= 11 is 10.9. The first-order chi connectivity index (χ1) is 7.68. The van der Waals surface area contributed by atoms with E-state index in [0.717, 1.165) is 5.56 Å². The summed E-state index contributed by atoms with van der Waals surface area (Å²) in [5.41, 5.74) is 0.842. The monoisotopic (exact) mass is 255 g/mol. The maximum Gasteiger partial charge on any atom is 0.266 e. The van der Waals surface area contributed by atoms with Crippen molar-refractivity contribution in [3.8, 4) is 11.3 Å². The Morgan fingerprint density at radius 2 is 1.94 bits per heavy atom. The lowest BCUT2D eigenvalue weighted by Crippen LogP contribution is -2.07. The van der Waals surface area contributed by atoms with E-state index in [4.69, 9.17) is 27.6 Å². The van der Waals surface area contributed by atoms with E-state index in [9.17, 15) is 4.79 Å². The second-order valence-corrected chi connectivity index (χ2v) is 4.16. The van der Waals surface area contributed by atoms with Crippen molar-refractivity contribution >= 4 is 29.0 Å². The van der Waals surface area contributed by atoms with Crippen LogP contribution < -0.4 is 0 Å². The average molecular weight is 256 g/mol. The molecular formula is C11H7Cl2NO2. The number of carbonyl (C=O) groups is 1. The third-order valence-corrected chi connectivity index (χ3v) is 2.37. The normalized spacial score (nSPS) is 10.7. The molecule has 0 saturated carbocycles. The van der Waals surface area contributed by atoms with Gasteiger partial charge in [-0.25, -0.2) is 4.98 Å². The van der Waals surface area contributed by atoms with E-state index in [-0.39, 0.29) is 5.89 Å². The van der Waals surface area contributed by atoms with Gasteiger partial charge in [0.1, 0.15) is 0 Å². The van der Waals surface area contributed by atoms with E-state index < -0.39 is 10.6 Å². The maximum atomic E-state index is 11.4. The Kier molecular flexibility index (Phi) is 3.27. The van der Waals surface area contributed by atoms with E-state index in [0.29, 0.717) is 5.76 Å². The first-order valence-corrected chi connectivity index (χ1v) is 5.39. The number of benzene rings is 1. The standard InChI is InChI=1S/C11H7Cl2NO2/c12-10(13)9(15)11-14-6-8(16-11)7-4-2-1-3-5-7/h1-6,10H. The van der Waals surface area contributed by atoms with Gasteiger partial charge in [0.05, 0.1) is 6.20 Å². The van der Waals surface area contributed by atoms with Gasteiger partial charge in [-0.05, 0) is 0 Å². The summed E-state index contributed by atoms with van der Waals surface area (Å²) in [4.78, 5) is 14.0. The van der Waals surface area contributed by atoms with Gasteiger partial charge in [0.15, 0.2) is 10.6 Å². The van der Waals surface area contributed by atoms with Crippen LogP contribution in [0.1, 0.15) is 10.7 Å². The van der Waals surface area contributed by atoms with Crippen LogP contribution in [0.2, 0.25) is 0 Å². The number of halogens is 2. The van der Waals surface area contributed by atoms with Gasteiger partial charge in [0.2, 0.25) is 5.78 Å². The van der Waals surface area contributed by atoms with Crippen molar-refractivity contribution in [1.82, 2.24) is 4.98 Å². The van der Waals surface area contributed by atoms with Crippen LogP contribution in [-0.4, -0.2) is 15.6 Å². The highest BCUT2D eigenvalue weighted by molar-refractivity contribution is 6.55. The summed E-state index contributed by atoms with van der Waals surface area (Å²) in [6, 6.07) is 9.33. The Labute approximate surface area is 102 Å². The highest BCUT2D eigenvalue weighted by Crippen LogP contribution is 2.21. The van der Waals surface area contributed by atoms with Crippen LogP contribution in [0.3, 0.4) is 0 Å². The lowest BCUT2D eigenvalue weighted by atomic mass is 10.2. The first kappa shape index (κ1) is 11.2. The summed E-state index contributed by atoms with van der Waals surface area (Å²) in [5, 5.41) is 0. The average Bonchev–Trinajstić information content (AvgIpc) is 2.78. The van der Waals surface area contributed by atoms with Crippen LogP contribution in [0.5, 0.6) is 0 Å². The minimum absolute atomic E-state index is 0.0751. The molecule has 2 rings (SSSR count). The van der Waals surface area contributed by atoms with Crippen LogP contribution in [0.25, 0.3) is 11.3 Å². The second-order valence-electron chi connectivity index (χ2n) is 3.06. The van der Waals surface area contributed by atoms with Crippen LogP contribution in [-0.2, 0) is 0 Å². The first-order valence-electron chi connectivity index (χ1n) is 4.52. The molecule has 0 aliphatic rings. The minimum atomic E-state index is -1.15. The number of carbonyl (C=O) groups excluding carboxylic acids is 1. The zero-order valence-electron chi connectivity index (χ0n) is 8.06. The molecule has 1 aromatic carbocycles. The number of nitrogens with zero attached hydrogens (tertiary/aromatic N) is 1. The van der Waals surface area contributed by atoms with Crippen LogP contribution >= 0.6 is 23.2 Å². The Morgan fingerprint density at radius 3 is 2.56 bits per heavy atom. The molecule has 0 bridgehead atoms. The van der Waals surface area contributed by atoms with Gasteiger partial charge in [0, 0.05) is 5.56 Å². The van der Waals surface area contributed by atoms with Crippen LogP contribution in [0.4, 0.5) is 0 Å². The SMILES string of the molecule is O=C(c1ncc(-c2ccccc2)o1)C(Cl)Cl. The topological polar surface area (TPSA) is 43.1 Å². The molecule has 0 N–H and O–H groups in total. The Hall–Kier alpha value is -1.32. The maximum absolute atomic E-state index is 11.4. The molecule has 0 amide bonds. The van der Waals surface area contributed by atoms with Crippen molar-refractivity contribution in [2.24, 2.45) is 0 Å². The number of Topliss-reactive ketones (excluding diaryl/α,β-unsaturated/α-hetero) is 1. The van der Waals surface area contributed by atoms with Gasteiger partial charge in [-0.3, -0.25) is 4.79 Å². The van der Waals surface area contributed by atoms with Crippen molar-refractivity contribution in [3.05, 3.63) is 42.4 Å². The molecule has 0 aliphatic carbocycles. The third kappa shape index (κ3) is 2.26. The van der Waals surface area contributed by atoms with Gasteiger partial charge in [-0.2, -0.15) is 0 Å². The molecule has 2 aromatic rings. The van der Waals surface area contributed by atoms with E-state index >= 15 is 0 Å². The molecule has 82 valence electrons.